The van der Waals surface area contributed by atoms with E-state index in [-0.39, 0.29) is 0 Å². The maximum Gasteiger partial charge on any atom is 0.160 e. The van der Waals surface area contributed by atoms with Crippen LogP contribution in [0.25, 0.3) is 0 Å². The molecule has 0 saturated carbocycles. The van der Waals surface area contributed by atoms with Crippen molar-refractivity contribution < 1.29 is 0 Å². The third-order valence-electron chi connectivity index (χ3n) is 15.6. The van der Waals surface area contributed by atoms with Gasteiger partial charge in [-0.15, -0.1) is 0 Å². The predicted octanol–water partition coefficient (Wildman–Crippen LogP) is 16.1. The molecule has 0 spiro atoms. The summed E-state index contributed by atoms with van der Waals surface area (Å²) in [6, 6.07) is 97.7. The molecule has 1 aromatic heterocycles. The number of fused-ring (bicyclic) bond motifs is 5. The number of hydrogen-bond donors (Lipinski definition) is 0. The fraction of sp³-hybridized carbons (Fsp3) is 0.0588. The van der Waals surface area contributed by atoms with Gasteiger partial charge in [0.2, 0.25) is 0 Å². The van der Waals surface area contributed by atoms with Crippen molar-refractivity contribution >= 4 is 57.0 Å². The summed E-state index contributed by atoms with van der Waals surface area (Å²) in [7, 11) is 0. The molecule has 0 atom stereocenters. The van der Waals surface area contributed by atoms with Gasteiger partial charge in [-0.1, -0.05) is 194 Å². The summed E-state index contributed by atoms with van der Waals surface area (Å²) >= 11 is 0. The Bertz CT molecular complexity index is 3480. The lowest BCUT2D eigenvalue weighted by molar-refractivity contribution is 0.728. The number of nitrogens with zero attached hydrogens (tertiary/aromatic N) is 6. The molecule has 74 heavy (non-hydrogen) atoms. The van der Waals surface area contributed by atoms with Crippen LogP contribution in [0.2, 0.25) is 0 Å². The summed E-state index contributed by atoms with van der Waals surface area (Å²) in [4.78, 5) is 19.6. The molecule has 0 saturated heterocycles. The molecular weight excluding hydrogens is 901 g/mol. The first-order chi connectivity index (χ1) is 36.7. The molecule has 0 N–H and O–H groups in total. The van der Waals surface area contributed by atoms with Crippen LogP contribution in [0.15, 0.2) is 279 Å². The van der Waals surface area contributed by atoms with Crippen LogP contribution in [0.3, 0.4) is 0 Å². The second-order valence-electron chi connectivity index (χ2n) is 19.3. The number of aromatic nitrogens is 2. The van der Waals surface area contributed by atoms with Gasteiger partial charge in [0.15, 0.2) is 5.82 Å². The van der Waals surface area contributed by atoms with Crippen molar-refractivity contribution in [1.29, 1.82) is 0 Å². The summed E-state index contributed by atoms with van der Waals surface area (Å²) in [5.41, 5.74) is 18.3. The van der Waals surface area contributed by atoms with Crippen molar-refractivity contribution in [2.24, 2.45) is 0 Å². The van der Waals surface area contributed by atoms with Gasteiger partial charge in [-0.25, -0.2) is 9.97 Å². The Hall–Kier alpha value is -9.52. The van der Waals surface area contributed by atoms with Crippen LogP contribution in [0.4, 0.5) is 57.0 Å². The summed E-state index contributed by atoms with van der Waals surface area (Å²) < 4.78 is 0. The highest BCUT2D eigenvalue weighted by Gasteiger charge is 2.49. The van der Waals surface area contributed by atoms with E-state index in [1.165, 1.54) is 44.5 Å². The Kier molecular flexibility index (Phi) is 10.3. The number of para-hydroxylation sites is 4. The molecule has 352 valence electrons. The molecule has 6 heteroatoms. The van der Waals surface area contributed by atoms with Crippen molar-refractivity contribution in [2.45, 2.75) is 10.8 Å². The minimum Gasteiger partial charge on any atom is -0.335 e. The lowest BCUT2D eigenvalue weighted by atomic mass is 9.62. The van der Waals surface area contributed by atoms with E-state index in [9.17, 15) is 0 Å². The molecule has 6 nitrogen and oxygen atoms in total. The van der Waals surface area contributed by atoms with Crippen LogP contribution in [0, 0.1) is 0 Å². The Morgan fingerprint density at radius 1 is 0.297 bits per heavy atom. The molecule has 0 aliphatic carbocycles. The normalized spacial score (nSPS) is 14.8. The van der Waals surface area contributed by atoms with Gasteiger partial charge in [0.1, 0.15) is 12.0 Å². The smallest absolute Gasteiger partial charge is 0.160 e. The average molecular weight is 951 g/mol. The second-order valence-corrected chi connectivity index (χ2v) is 19.3. The quantitative estimate of drug-likeness (QED) is 0.151. The molecule has 11 aromatic rings. The highest BCUT2D eigenvalue weighted by Crippen LogP contribution is 2.61. The summed E-state index contributed by atoms with van der Waals surface area (Å²) in [5.74, 6) is 0.860. The number of anilines is 10. The summed E-state index contributed by atoms with van der Waals surface area (Å²) in [6.07, 6.45) is 3.68. The van der Waals surface area contributed by atoms with Gasteiger partial charge >= 0.3 is 0 Å². The van der Waals surface area contributed by atoms with Crippen LogP contribution in [0.5, 0.6) is 0 Å². The molecule has 0 radical (unpaired) electrons. The minimum absolute atomic E-state index is 0.646. The van der Waals surface area contributed by atoms with Gasteiger partial charge < -0.3 is 19.6 Å². The third kappa shape index (κ3) is 6.51. The van der Waals surface area contributed by atoms with Crippen molar-refractivity contribution in [1.82, 2.24) is 9.97 Å². The van der Waals surface area contributed by atoms with Crippen molar-refractivity contribution in [3.63, 3.8) is 0 Å². The molecule has 0 fully saturated rings. The van der Waals surface area contributed by atoms with Crippen LogP contribution < -0.4 is 19.6 Å². The molecule has 3 aliphatic rings. The largest absolute Gasteiger partial charge is 0.335 e. The zero-order valence-electron chi connectivity index (χ0n) is 40.7. The molecule has 10 aromatic carbocycles. The van der Waals surface area contributed by atoms with E-state index in [2.05, 4.69) is 287 Å². The number of benzene rings is 10. The van der Waals surface area contributed by atoms with E-state index < -0.39 is 10.8 Å². The number of rotatable bonds is 8. The second kappa shape index (κ2) is 17.7. The maximum absolute atomic E-state index is 5.16. The Morgan fingerprint density at radius 3 is 1.08 bits per heavy atom. The van der Waals surface area contributed by atoms with Gasteiger partial charge in [-0.3, -0.25) is 0 Å². The molecule has 3 aliphatic heterocycles. The van der Waals surface area contributed by atoms with Crippen molar-refractivity contribution in [2.75, 3.05) is 32.7 Å². The van der Waals surface area contributed by atoms with Gasteiger partial charge in [-0.05, 0) is 117 Å². The molecule has 0 bridgehead atoms. The van der Waals surface area contributed by atoms with Crippen LogP contribution in [-0.4, -0.2) is 23.1 Å². The first-order valence-corrected chi connectivity index (χ1v) is 25.5. The monoisotopic (exact) mass is 950 g/mol. The first kappa shape index (κ1) is 43.3. The van der Waals surface area contributed by atoms with Crippen LogP contribution in [-0.2, 0) is 10.8 Å². The fourth-order valence-electron chi connectivity index (χ4n) is 12.6. The molecule has 0 amide bonds. The van der Waals surface area contributed by atoms with Crippen molar-refractivity contribution in [3.05, 3.63) is 324 Å². The maximum atomic E-state index is 5.16. The molecular formula is C68H50N6. The van der Waals surface area contributed by atoms with Gasteiger partial charge in [0, 0.05) is 35.8 Å². The van der Waals surface area contributed by atoms with Crippen LogP contribution >= 0.6 is 0 Å². The molecule has 0 unspecified atom stereocenters. The molecule has 14 rings (SSSR count). The lowest BCUT2D eigenvalue weighted by Gasteiger charge is -2.47. The van der Waals surface area contributed by atoms with Crippen molar-refractivity contribution in [3.8, 4) is 0 Å². The Balaban J connectivity index is 0.956. The predicted molar refractivity (Wildman–Crippen MR) is 302 cm³/mol. The standard InChI is InChI=1S/C68H50N6/c1-7-23-49(24-8-1)67(50-25-9-2-10-26-50)57-35-19-21-37-61(57)73(53-31-15-5-16-32-53)63-41-39-55(45-59(63)67)71-43-44-72(66-65(71)47-69-48-70-66)56-40-42-64-60(46-56)68(51-27-11-3-12-28-51,52-29-13-4-14-30-52)58-36-20-22-38-62(58)74(64)54-33-17-6-18-34-54/h1-42,45-48H,43-44H2. The minimum atomic E-state index is -0.647. The van der Waals surface area contributed by atoms with E-state index in [1.807, 2.05) is 6.20 Å². The van der Waals surface area contributed by atoms with Crippen LogP contribution in [0.1, 0.15) is 44.5 Å². The van der Waals surface area contributed by atoms with E-state index in [4.69, 9.17) is 9.97 Å². The summed E-state index contributed by atoms with van der Waals surface area (Å²) in [5, 5.41) is 0. The number of hydrogen-bond acceptors (Lipinski definition) is 6. The Morgan fingerprint density at radius 2 is 0.649 bits per heavy atom. The van der Waals surface area contributed by atoms with E-state index >= 15 is 0 Å². The fourth-order valence-corrected chi connectivity index (χ4v) is 12.6. The zero-order valence-corrected chi connectivity index (χ0v) is 40.7. The molecule has 4 heterocycles. The topological polar surface area (TPSA) is 38.7 Å². The average Bonchev–Trinajstić information content (AvgIpc) is 3.50. The van der Waals surface area contributed by atoms with Gasteiger partial charge in [-0.2, -0.15) is 0 Å². The van der Waals surface area contributed by atoms with Gasteiger partial charge in [0.25, 0.3) is 0 Å². The highest BCUT2D eigenvalue weighted by molar-refractivity contribution is 5.94. The van der Waals surface area contributed by atoms with E-state index in [1.54, 1.807) is 6.33 Å². The SMILES string of the molecule is c1ccc(N2c3ccccc3C(c3ccccc3)(c3ccccc3)c3cc(N4CCN(c5ccc6c(c5)C(c5ccccc5)(c5ccccc5)c5ccccc5N6c5ccccc5)c5ncncc54)ccc32)cc1. The highest BCUT2D eigenvalue weighted by atomic mass is 15.3. The lowest BCUT2D eigenvalue weighted by Crippen LogP contribution is -2.40. The summed E-state index contributed by atoms with van der Waals surface area (Å²) in [6.45, 7) is 1.38. The first-order valence-electron chi connectivity index (χ1n) is 25.5. The Labute approximate surface area is 432 Å². The van der Waals surface area contributed by atoms with Gasteiger partial charge in [0.05, 0.1) is 39.8 Å². The van der Waals surface area contributed by atoms with E-state index in [0.717, 1.165) is 57.0 Å². The zero-order chi connectivity index (χ0) is 49.1. The van der Waals surface area contributed by atoms with E-state index in [0.29, 0.717) is 13.1 Å². The third-order valence-corrected chi connectivity index (χ3v) is 15.6.